The monoisotopic (exact) mass is 203 g/mol. The third kappa shape index (κ3) is 4.34. The molecule has 1 aliphatic rings. The number of ether oxygens (including phenoxy) is 1. The number of unbranched alkanes of at least 4 members (excludes halogenated alkanes) is 2. The molecule has 78 valence electrons. The number of rotatable bonds is 5. The van der Waals surface area contributed by atoms with Gasteiger partial charge in [-0.2, -0.15) is 12.6 Å². The van der Waals surface area contributed by atoms with Crippen LogP contribution in [0.1, 0.15) is 26.2 Å². The quantitative estimate of drug-likeness (QED) is 0.540. The molecule has 0 amide bonds. The van der Waals surface area contributed by atoms with Gasteiger partial charge in [0.15, 0.2) is 0 Å². The maximum atomic E-state index is 5.39. The molecule has 1 fully saturated rings. The van der Waals surface area contributed by atoms with Gasteiger partial charge in [0.25, 0.3) is 0 Å². The van der Waals surface area contributed by atoms with Crippen molar-refractivity contribution in [2.45, 2.75) is 32.2 Å². The predicted molar refractivity (Wildman–Crippen MR) is 59.6 cm³/mol. The molecule has 0 aromatic rings. The van der Waals surface area contributed by atoms with E-state index < -0.39 is 0 Å². The van der Waals surface area contributed by atoms with E-state index in [1.54, 1.807) is 0 Å². The molecule has 0 N–H and O–H groups in total. The predicted octanol–water partition coefficient (Wildman–Crippen LogP) is 1.81. The maximum Gasteiger partial charge on any atom is 0.0619 e. The minimum atomic E-state index is 0.616. The second-order valence-electron chi connectivity index (χ2n) is 3.74. The summed E-state index contributed by atoms with van der Waals surface area (Å²) >= 11 is 4.20. The molecule has 1 heterocycles. The van der Waals surface area contributed by atoms with Crippen LogP contribution in [-0.4, -0.2) is 43.0 Å². The summed E-state index contributed by atoms with van der Waals surface area (Å²) in [4.78, 5) is 2.53. The first-order chi connectivity index (χ1) is 6.34. The Hall–Kier alpha value is 0.270. The van der Waals surface area contributed by atoms with Crippen molar-refractivity contribution in [3.05, 3.63) is 0 Å². The summed E-state index contributed by atoms with van der Waals surface area (Å²) in [6.07, 6.45) is 3.88. The Kier molecular flexibility index (Phi) is 5.83. The largest absolute Gasteiger partial charge is 0.379 e. The van der Waals surface area contributed by atoms with Crippen LogP contribution in [0.3, 0.4) is 0 Å². The van der Waals surface area contributed by atoms with E-state index in [9.17, 15) is 0 Å². The van der Waals surface area contributed by atoms with Crippen molar-refractivity contribution < 1.29 is 4.74 Å². The first-order valence-corrected chi connectivity index (χ1v) is 5.90. The van der Waals surface area contributed by atoms with Crippen LogP contribution in [0, 0.1) is 0 Å². The van der Waals surface area contributed by atoms with E-state index in [1.165, 1.54) is 25.8 Å². The minimum Gasteiger partial charge on any atom is -0.379 e. The lowest BCUT2D eigenvalue weighted by atomic mass is 10.2. The second-order valence-corrected chi connectivity index (χ2v) is 4.19. The minimum absolute atomic E-state index is 0.616. The first kappa shape index (κ1) is 11.3. The number of hydrogen-bond donors (Lipinski definition) is 1. The molecule has 1 rings (SSSR count). The third-order valence-electron chi connectivity index (χ3n) is 2.61. The van der Waals surface area contributed by atoms with Gasteiger partial charge in [-0.1, -0.05) is 6.42 Å². The van der Waals surface area contributed by atoms with Crippen LogP contribution in [0.25, 0.3) is 0 Å². The van der Waals surface area contributed by atoms with Crippen molar-refractivity contribution in [1.82, 2.24) is 4.90 Å². The fraction of sp³-hybridized carbons (Fsp3) is 1.00. The molecule has 0 aromatic heterocycles. The highest BCUT2D eigenvalue weighted by atomic mass is 32.1. The smallest absolute Gasteiger partial charge is 0.0619 e. The van der Waals surface area contributed by atoms with E-state index in [4.69, 9.17) is 4.74 Å². The first-order valence-electron chi connectivity index (χ1n) is 5.27. The molecule has 0 saturated carbocycles. The Balaban J connectivity index is 2.05. The van der Waals surface area contributed by atoms with E-state index in [0.29, 0.717) is 6.04 Å². The average Bonchev–Trinajstić information content (AvgIpc) is 2.15. The van der Waals surface area contributed by atoms with E-state index >= 15 is 0 Å². The van der Waals surface area contributed by atoms with Gasteiger partial charge < -0.3 is 4.74 Å². The van der Waals surface area contributed by atoms with Crippen LogP contribution < -0.4 is 0 Å². The van der Waals surface area contributed by atoms with Crippen LogP contribution in [-0.2, 0) is 4.74 Å². The summed E-state index contributed by atoms with van der Waals surface area (Å²) in [6.45, 7) is 6.42. The zero-order valence-corrected chi connectivity index (χ0v) is 9.43. The molecule has 1 unspecified atom stereocenters. The normalized spacial score (nSPS) is 24.9. The third-order valence-corrected chi connectivity index (χ3v) is 2.92. The zero-order chi connectivity index (χ0) is 9.52. The van der Waals surface area contributed by atoms with Crippen molar-refractivity contribution in [3.8, 4) is 0 Å². The summed E-state index contributed by atoms with van der Waals surface area (Å²) < 4.78 is 5.39. The van der Waals surface area contributed by atoms with Gasteiger partial charge in [-0.25, -0.2) is 0 Å². The van der Waals surface area contributed by atoms with Gasteiger partial charge >= 0.3 is 0 Å². The van der Waals surface area contributed by atoms with Gasteiger partial charge in [0.1, 0.15) is 0 Å². The van der Waals surface area contributed by atoms with Gasteiger partial charge in [0.05, 0.1) is 13.2 Å². The number of nitrogens with zero attached hydrogens (tertiary/aromatic N) is 1. The number of hydrogen-bond acceptors (Lipinski definition) is 3. The molecule has 0 aliphatic carbocycles. The van der Waals surface area contributed by atoms with Gasteiger partial charge in [-0.05, 0) is 32.1 Å². The van der Waals surface area contributed by atoms with Crippen LogP contribution >= 0.6 is 12.6 Å². The van der Waals surface area contributed by atoms with Crippen LogP contribution in [0.5, 0.6) is 0 Å². The lowest BCUT2D eigenvalue weighted by Crippen LogP contribution is -2.43. The molecular weight excluding hydrogens is 182 g/mol. The lowest BCUT2D eigenvalue weighted by Gasteiger charge is -2.33. The molecule has 0 bridgehead atoms. The fourth-order valence-corrected chi connectivity index (χ4v) is 1.92. The second kappa shape index (κ2) is 6.68. The van der Waals surface area contributed by atoms with Crippen molar-refractivity contribution >= 4 is 12.6 Å². The van der Waals surface area contributed by atoms with E-state index in [1.807, 2.05) is 0 Å². The zero-order valence-electron chi connectivity index (χ0n) is 8.54. The number of morpholine rings is 1. The molecule has 1 aliphatic heterocycles. The summed E-state index contributed by atoms with van der Waals surface area (Å²) in [5.41, 5.74) is 0. The Morgan fingerprint density at radius 3 is 2.92 bits per heavy atom. The van der Waals surface area contributed by atoms with Crippen LogP contribution in [0.4, 0.5) is 0 Å². The summed E-state index contributed by atoms with van der Waals surface area (Å²) in [7, 11) is 0. The Labute approximate surface area is 87.0 Å². The molecule has 2 nitrogen and oxygen atoms in total. The molecule has 3 heteroatoms. The summed E-state index contributed by atoms with van der Waals surface area (Å²) in [5.74, 6) is 1.03. The molecule has 0 radical (unpaired) electrons. The highest BCUT2D eigenvalue weighted by Gasteiger charge is 2.17. The van der Waals surface area contributed by atoms with E-state index in [0.717, 1.165) is 25.5 Å². The SMILES string of the molecule is CC1COCCN1CCCCCS. The average molecular weight is 203 g/mol. The molecule has 13 heavy (non-hydrogen) atoms. The van der Waals surface area contributed by atoms with Crippen molar-refractivity contribution in [1.29, 1.82) is 0 Å². The van der Waals surface area contributed by atoms with Gasteiger partial charge in [0.2, 0.25) is 0 Å². The van der Waals surface area contributed by atoms with Crippen LogP contribution in [0.2, 0.25) is 0 Å². The topological polar surface area (TPSA) is 12.5 Å². The number of thiol groups is 1. The Morgan fingerprint density at radius 2 is 2.23 bits per heavy atom. The maximum absolute atomic E-state index is 5.39. The Bertz CT molecular complexity index is 132. The summed E-state index contributed by atoms with van der Waals surface area (Å²) in [6, 6.07) is 0.616. The molecule has 0 spiro atoms. The van der Waals surface area contributed by atoms with E-state index in [-0.39, 0.29) is 0 Å². The highest BCUT2D eigenvalue weighted by molar-refractivity contribution is 7.80. The van der Waals surface area contributed by atoms with Crippen LogP contribution in [0.15, 0.2) is 0 Å². The van der Waals surface area contributed by atoms with Crippen molar-refractivity contribution in [3.63, 3.8) is 0 Å². The highest BCUT2D eigenvalue weighted by Crippen LogP contribution is 2.08. The molecular formula is C10H21NOS. The molecule has 1 saturated heterocycles. The Morgan fingerprint density at radius 1 is 1.38 bits per heavy atom. The molecule has 0 aromatic carbocycles. The van der Waals surface area contributed by atoms with Crippen molar-refractivity contribution in [2.24, 2.45) is 0 Å². The van der Waals surface area contributed by atoms with E-state index in [2.05, 4.69) is 24.5 Å². The summed E-state index contributed by atoms with van der Waals surface area (Å²) in [5, 5.41) is 0. The molecule has 1 atom stereocenters. The standard InChI is InChI=1S/C10H21NOS/c1-10-9-12-7-6-11(10)5-3-2-4-8-13/h10,13H,2-9H2,1H3. The lowest BCUT2D eigenvalue weighted by molar-refractivity contribution is -0.000860. The van der Waals surface area contributed by atoms with Gasteiger partial charge in [-0.15, -0.1) is 0 Å². The van der Waals surface area contributed by atoms with Gasteiger partial charge in [0, 0.05) is 12.6 Å². The van der Waals surface area contributed by atoms with Gasteiger partial charge in [-0.3, -0.25) is 4.90 Å². The fourth-order valence-electron chi connectivity index (χ4n) is 1.70. The van der Waals surface area contributed by atoms with Crippen molar-refractivity contribution in [2.75, 3.05) is 32.1 Å².